The molecule has 5 nitrogen and oxygen atoms in total. The molecule has 0 radical (unpaired) electrons. The van der Waals surface area contributed by atoms with Gasteiger partial charge in [0, 0.05) is 33.7 Å². The molecular weight excluding hydrogens is 448 g/mol. The second-order valence-corrected chi connectivity index (χ2v) is 9.07. The maximum Gasteiger partial charge on any atom is 0.167 e. The molecule has 0 saturated carbocycles. The van der Waals surface area contributed by atoms with Gasteiger partial charge in [-0.3, -0.25) is 4.79 Å². The number of rotatable bonds is 6. The van der Waals surface area contributed by atoms with E-state index in [9.17, 15) is 4.79 Å². The van der Waals surface area contributed by atoms with Crippen LogP contribution in [0.15, 0.2) is 106 Å². The minimum atomic E-state index is -0.353. The highest BCUT2D eigenvalue weighted by Gasteiger charge is 2.28. The maximum atomic E-state index is 13.9. The number of carbonyl (C=O) groups is 1. The van der Waals surface area contributed by atoms with Gasteiger partial charge in [-0.1, -0.05) is 97.0 Å². The molecule has 0 bridgehead atoms. The number of ketones is 1. The van der Waals surface area contributed by atoms with Gasteiger partial charge in [0.25, 0.3) is 0 Å². The highest BCUT2D eigenvalue weighted by atomic mass is 16.5. The highest BCUT2D eigenvalue weighted by molar-refractivity contribution is 5.98. The van der Waals surface area contributed by atoms with Crippen molar-refractivity contribution in [3.8, 4) is 22.5 Å². The summed E-state index contributed by atoms with van der Waals surface area (Å²) in [5, 5.41) is 10.5. The van der Waals surface area contributed by atoms with Crippen LogP contribution in [0.1, 0.15) is 36.8 Å². The molecule has 0 aliphatic rings. The van der Waals surface area contributed by atoms with Gasteiger partial charge >= 0.3 is 0 Å². The van der Waals surface area contributed by atoms with Crippen molar-refractivity contribution in [1.29, 1.82) is 0 Å². The zero-order valence-electron chi connectivity index (χ0n) is 20.0. The van der Waals surface area contributed by atoms with Crippen molar-refractivity contribution in [3.63, 3.8) is 0 Å². The normalized spacial score (nSPS) is 13.2. The largest absolute Gasteiger partial charge is 0.356 e. The number of nitrogens with zero attached hydrogens (tertiary/aromatic N) is 2. The van der Waals surface area contributed by atoms with Gasteiger partial charge in [-0.15, -0.1) is 0 Å². The van der Waals surface area contributed by atoms with E-state index in [0.29, 0.717) is 0 Å². The molecule has 5 heteroatoms. The Labute approximate surface area is 208 Å². The molecule has 2 heterocycles. The lowest BCUT2D eigenvalue weighted by Crippen LogP contribution is -2.18. The van der Waals surface area contributed by atoms with Crippen molar-refractivity contribution in [1.82, 2.24) is 10.3 Å². The molecule has 0 saturated heterocycles. The number of hydrogen-bond acceptors (Lipinski definition) is 5. The van der Waals surface area contributed by atoms with Crippen LogP contribution in [-0.4, -0.2) is 16.1 Å². The Hall–Kier alpha value is -4.51. The van der Waals surface area contributed by atoms with Crippen LogP contribution in [0, 0.1) is 0 Å². The van der Waals surface area contributed by atoms with Gasteiger partial charge in [0.15, 0.2) is 11.2 Å². The Kier molecular flexibility index (Phi) is 5.45. The standard InChI is InChI=1S/C31H24N2O3/c1-19(21-11-3-5-13-23(21)29-25-15-7-9-17-27(25)35-32-29)31(34)20(2)22-12-4-6-14-24(22)30-26-16-8-10-18-28(26)36-33-30/h3-20H,1-2H3. The lowest BCUT2D eigenvalue weighted by molar-refractivity contribution is -0.121. The summed E-state index contributed by atoms with van der Waals surface area (Å²) in [6.45, 7) is 3.93. The summed E-state index contributed by atoms with van der Waals surface area (Å²) in [5.41, 5.74) is 6.63. The maximum absolute atomic E-state index is 13.9. The van der Waals surface area contributed by atoms with Crippen LogP contribution >= 0.6 is 0 Å². The first kappa shape index (κ1) is 22.0. The first-order valence-corrected chi connectivity index (χ1v) is 12.0. The van der Waals surface area contributed by atoms with Gasteiger partial charge in [0.2, 0.25) is 0 Å². The summed E-state index contributed by atoms with van der Waals surface area (Å²) >= 11 is 0. The Bertz CT molecular complexity index is 1590. The quantitative estimate of drug-likeness (QED) is 0.248. The summed E-state index contributed by atoms with van der Waals surface area (Å²) in [5.74, 6) is -0.585. The molecule has 2 unspecified atom stereocenters. The Balaban J connectivity index is 1.39. The van der Waals surface area contributed by atoms with Crippen LogP contribution in [0.25, 0.3) is 44.5 Å². The van der Waals surface area contributed by atoms with Crippen LogP contribution in [0.3, 0.4) is 0 Å². The average molecular weight is 473 g/mol. The lowest BCUT2D eigenvalue weighted by Gasteiger charge is -2.21. The van der Waals surface area contributed by atoms with Crippen molar-refractivity contribution in [3.05, 3.63) is 108 Å². The fraction of sp³-hybridized carbons (Fsp3) is 0.129. The molecule has 176 valence electrons. The van der Waals surface area contributed by atoms with E-state index in [2.05, 4.69) is 10.3 Å². The van der Waals surface area contributed by atoms with Crippen molar-refractivity contribution in [2.24, 2.45) is 0 Å². The van der Waals surface area contributed by atoms with Gasteiger partial charge in [-0.2, -0.15) is 0 Å². The fourth-order valence-electron chi connectivity index (χ4n) is 5.02. The first-order chi connectivity index (χ1) is 17.6. The van der Waals surface area contributed by atoms with Gasteiger partial charge in [-0.25, -0.2) is 0 Å². The van der Waals surface area contributed by atoms with E-state index in [-0.39, 0.29) is 17.6 Å². The number of hydrogen-bond donors (Lipinski definition) is 0. The minimum absolute atomic E-state index is 0.121. The van der Waals surface area contributed by atoms with E-state index < -0.39 is 0 Å². The Morgan fingerprint density at radius 2 is 0.972 bits per heavy atom. The molecule has 0 aliphatic carbocycles. The third kappa shape index (κ3) is 3.60. The van der Waals surface area contributed by atoms with Crippen molar-refractivity contribution < 1.29 is 13.8 Å². The monoisotopic (exact) mass is 472 g/mol. The van der Waals surface area contributed by atoms with Crippen LogP contribution in [-0.2, 0) is 4.79 Å². The molecule has 2 atom stereocenters. The summed E-state index contributed by atoms with van der Waals surface area (Å²) in [4.78, 5) is 13.9. The number of para-hydroxylation sites is 2. The molecule has 0 N–H and O–H groups in total. The van der Waals surface area contributed by atoms with E-state index >= 15 is 0 Å². The molecule has 0 aliphatic heterocycles. The predicted octanol–water partition coefficient (Wildman–Crippen LogP) is 7.78. The molecule has 4 aromatic carbocycles. The molecule has 0 fully saturated rings. The molecule has 2 aromatic heterocycles. The number of Topliss-reactive ketones (excluding diaryl/α,β-unsaturated/α-hetero) is 1. The fourth-order valence-corrected chi connectivity index (χ4v) is 5.02. The van der Waals surface area contributed by atoms with Gasteiger partial charge in [0.05, 0.1) is 0 Å². The third-order valence-electron chi connectivity index (χ3n) is 6.97. The number of benzene rings is 4. The summed E-state index contributed by atoms with van der Waals surface area (Å²) in [6, 6.07) is 31.4. The highest BCUT2D eigenvalue weighted by Crippen LogP contribution is 2.38. The van der Waals surface area contributed by atoms with E-state index in [4.69, 9.17) is 9.05 Å². The van der Waals surface area contributed by atoms with E-state index in [1.165, 1.54) is 0 Å². The van der Waals surface area contributed by atoms with Crippen molar-refractivity contribution >= 4 is 27.7 Å². The molecule has 0 amide bonds. The van der Waals surface area contributed by atoms with Gasteiger partial charge in [0.1, 0.15) is 17.2 Å². The Morgan fingerprint density at radius 3 is 1.44 bits per heavy atom. The molecular formula is C31H24N2O3. The van der Waals surface area contributed by atoms with Crippen LogP contribution in [0.2, 0.25) is 0 Å². The number of aromatic nitrogens is 2. The third-order valence-corrected chi connectivity index (χ3v) is 6.97. The van der Waals surface area contributed by atoms with Crippen LogP contribution < -0.4 is 0 Å². The predicted molar refractivity (Wildman–Crippen MR) is 141 cm³/mol. The van der Waals surface area contributed by atoms with E-state index in [1.54, 1.807) is 0 Å². The number of fused-ring (bicyclic) bond motifs is 2. The molecule has 6 aromatic rings. The smallest absolute Gasteiger partial charge is 0.167 e. The van der Waals surface area contributed by atoms with Crippen molar-refractivity contribution in [2.45, 2.75) is 25.7 Å². The second-order valence-electron chi connectivity index (χ2n) is 9.07. The summed E-state index contributed by atoms with van der Waals surface area (Å²) in [6.07, 6.45) is 0. The molecule has 6 rings (SSSR count). The Morgan fingerprint density at radius 1 is 0.583 bits per heavy atom. The van der Waals surface area contributed by atoms with E-state index in [1.807, 2.05) is 111 Å². The van der Waals surface area contributed by atoms with Crippen LogP contribution in [0.4, 0.5) is 0 Å². The summed E-state index contributed by atoms with van der Waals surface area (Å²) < 4.78 is 11.1. The zero-order chi connectivity index (χ0) is 24.6. The zero-order valence-corrected chi connectivity index (χ0v) is 20.0. The average Bonchev–Trinajstić information content (AvgIpc) is 3.56. The van der Waals surface area contributed by atoms with Gasteiger partial charge < -0.3 is 9.05 Å². The molecule has 0 spiro atoms. The lowest BCUT2D eigenvalue weighted by atomic mass is 9.81. The van der Waals surface area contributed by atoms with Crippen LogP contribution in [0.5, 0.6) is 0 Å². The first-order valence-electron chi connectivity index (χ1n) is 12.0. The van der Waals surface area contributed by atoms with Crippen molar-refractivity contribution in [2.75, 3.05) is 0 Å². The number of carbonyl (C=O) groups excluding carboxylic acids is 1. The second kappa shape index (κ2) is 8.93. The summed E-state index contributed by atoms with van der Waals surface area (Å²) in [7, 11) is 0. The molecule has 36 heavy (non-hydrogen) atoms. The van der Waals surface area contributed by atoms with E-state index in [0.717, 1.165) is 55.6 Å². The topological polar surface area (TPSA) is 69.1 Å². The SMILES string of the molecule is CC(C(=O)C(C)c1ccccc1-c1noc2ccccc12)c1ccccc1-c1noc2ccccc12. The van der Waals surface area contributed by atoms with Gasteiger partial charge in [-0.05, 0) is 35.4 Å². The minimum Gasteiger partial charge on any atom is -0.356 e.